The van der Waals surface area contributed by atoms with Crippen molar-refractivity contribution < 1.29 is 0 Å². The van der Waals surface area contributed by atoms with Gasteiger partial charge in [-0.1, -0.05) is 208 Å². The molecule has 1 aliphatic carbocycles. The Kier molecular flexibility index (Phi) is 10.1. The summed E-state index contributed by atoms with van der Waals surface area (Å²) in [5.74, 6) is 0.159. The molecule has 1 unspecified atom stereocenters. The maximum Gasteiger partial charge on any atom is 0.0541 e. The van der Waals surface area contributed by atoms with Gasteiger partial charge in [-0.3, -0.25) is 0 Å². The topological polar surface area (TPSA) is 8.17 Å². The Balaban J connectivity index is 1.01. The van der Waals surface area contributed by atoms with E-state index in [1.54, 1.807) is 0 Å². The second-order valence-electron chi connectivity index (χ2n) is 19.6. The van der Waals surface area contributed by atoms with Crippen LogP contribution >= 0.6 is 0 Å². The quantitative estimate of drug-likeness (QED) is 0.133. The van der Waals surface area contributed by atoms with Gasteiger partial charge in [0.1, 0.15) is 0 Å². The van der Waals surface area contributed by atoms with E-state index in [0.29, 0.717) is 0 Å². The van der Waals surface area contributed by atoms with Gasteiger partial charge in [-0.15, -0.1) is 0 Å². The molecule has 2 nitrogen and oxygen atoms in total. The summed E-state index contributed by atoms with van der Waals surface area (Å²) in [6.07, 6.45) is 1.93. The van der Waals surface area contributed by atoms with E-state index in [4.69, 9.17) is 0 Å². The molecule has 13 rings (SSSR count). The number of benzene rings is 11. The number of fused-ring (bicyclic) bond motifs is 8. The van der Waals surface area contributed by atoms with E-state index in [0.717, 1.165) is 29.9 Å². The highest BCUT2D eigenvalue weighted by Crippen LogP contribution is 2.50. The van der Waals surface area contributed by atoms with Crippen molar-refractivity contribution in [1.29, 1.82) is 0 Å². The van der Waals surface area contributed by atoms with Crippen LogP contribution in [0.25, 0.3) is 71.3 Å². The lowest BCUT2D eigenvalue weighted by atomic mass is 9.81. The molecule has 0 radical (unpaired) electrons. The predicted octanol–water partition coefficient (Wildman–Crippen LogP) is 18.3. The lowest BCUT2D eigenvalue weighted by molar-refractivity contribution is 0.657. The third-order valence-corrected chi connectivity index (χ3v) is 15.2. The second kappa shape index (κ2) is 16.9. The van der Waals surface area contributed by atoms with Gasteiger partial charge in [0, 0.05) is 44.1 Å². The summed E-state index contributed by atoms with van der Waals surface area (Å²) in [5.41, 5.74) is 18.9. The summed E-state index contributed by atoms with van der Waals surface area (Å²) in [5, 5.41) is 7.36. The number of anilines is 3. The van der Waals surface area contributed by atoms with Crippen LogP contribution in [0.1, 0.15) is 54.0 Å². The highest BCUT2D eigenvalue weighted by Gasteiger charge is 2.35. The monoisotopic (exact) mass is 896 g/mol. The third-order valence-electron chi connectivity index (χ3n) is 15.2. The normalized spacial score (nSPS) is 13.2. The molecule has 0 saturated heterocycles. The fourth-order valence-corrected chi connectivity index (χ4v) is 11.8. The van der Waals surface area contributed by atoms with E-state index in [1.807, 2.05) is 0 Å². The molecule has 1 aliphatic rings. The highest BCUT2D eigenvalue weighted by atomic mass is 15.1. The van der Waals surface area contributed by atoms with Crippen LogP contribution in [0.5, 0.6) is 0 Å². The number of nitrogens with zero attached hydrogens (tertiary/aromatic N) is 2. The van der Waals surface area contributed by atoms with Gasteiger partial charge in [0.05, 0.1) is 28.1 Å². The number of rotatable bonds is 10. The summed E-state index contributed by atoms with van der Waals surface area (Å²) in [7, 11) is 0. The molecule has 0 N–H and O–H groups in total. The molecule has 12 aromatic rings. The van der Waals surface area contributed by atoms with E-state index in [9.17, 15) is 0 Å². The van der Waals surface area contributed by atoms with Crippen molar-refractivity contribution in [1.82, 2.24) is 4.57 Å². The van der Waals surface area contributed by atoms with Crippen molar-refractivity contribution in [3.63, 3.8) is 0 Å². The van der Waals surface area contributed by atoms with E-state index in [1.165, 1.54) is 99.1 Å². The molecule has 1 aromatic heterocycles. The van der Waals surface area contributed by atoms with Crippen molar-refractivity contribution in [3.05, 3.63) is 277 Å². The molecular weight excluding hydrogens is 845 g/mol. The molecule has 11 aromatic carbocycles. The molecule has 0 aliphatic heterocycles. The third kappa shape index (κ3) is 6.93. The molecule has 0 fully saturated rings. The average Bonchev–Trinajstić information content (AvgIpc) is 3.86. The molecule has 334 valence electrons. The molecule has 0 spiro atoms. The number of hydrogen-bond acceptors (Lipinski definition) is 1. The highest BCUT2D eigenvalue weighted by molar-refractivity contribution is 6.12. The van der Waals surface area contributed by atoms with E-state index < -0.39 is 0 Å². The average molecular weight is 897 g/mol. The molecule has 70 heavy (non-hydrogen) atoms. The van der Waals surface area contributed by atoms with Crippen LogP contribution in [-0.2, 0) is 11.8 Å². The first-order valence-electron chi connectivity index (χ1n) is 24.8. The van der Waals surface area contributed by atoms with Crippen LogP contribution in [-0.4, -0.2) is 4.57 Å². The fraction of sp³-hybridized carbons (Fsp3) is 0.0882. The van der Waals surface area contributed by atoms with Crippen molar-refractivity contribution in [2.75, 3.05) is 4.90 Å². The van der Waals surface area contributed by atoms with Gasteiger partial charge in [-0.05, 0) is 123 Å². The molecule has 1 atom stereocenters. The summed E-state index contributed by atoms with van der Waals surface area (Å²) in [6, 6.07) is 92.5. The van der Waals surface area contributed by atoms with Gasteiger partial charge in [-0.25, -0.2) is 0 Å². The number of aromatic nitrogens is 1. The van der Waals surface area contributed by atoms with Gasteiger partial charge in [0.15, 0.2) is 0 Å². The number of hydrogen-bond donors (Lipinski definition) is 0. The minimum absolute atomic E-state index is 0.0392. The Bertz CT molecular complexity index is 3920. The summed E-state index contributed by atoms with van der Waals surface area (Å²) in [6.45, 7) is 4.76. The first-order valence-corrected chi connectivity index (χ1v) is 24.8. The summed E-state index contributed by atoms with van der Waals surface area (Å²) in [4.78, 5) is 2.48. The van der Waals surface area contributed by atoms with Gasteiger partial charge >= 0.3 is 0 Å². The zero-order valence-corrected chi connectivity index (χ0v) is 39.6. The van der Waals surface area contributed by atoms with Crippen molar-refractivity contribution in [2.45, 2.75) is 38.0 Å². The predicted molar refractivity (Wildman–Crippen MR) is 297 cm³/mol. The Morgan fingerprint density at radius 1 is 0.414 bits per heavy atom. The van der Waals surface area contributed by atoms with Crippen LogP contribution in [0, 0.1) is 0 Å². The van der Waals surface area contributed by atoms with Gasteiger partial charge < -0.3 is 9.47 Å². The molecule has 0 amide bonds. The van der Waals surface area contributed by atoms with Crippen LogP contribution in [0.3, 0.4) is 0 Å². The molecule has 1 heterocycles. The van der Waals surface area contributed by atoms with Crippen LogP contribution in [0.15, 0.2) is 249 Å². The van der Waals surface area contributed by atoms with E-state index in [-0.39, 0.29) is 11.3 Å². The Morgan fingerprint density at radius 3 is 1.89 bits per heavy atom. The van der Waals surface area contributed by atoms with E-state index in [2.05, 4.69) is 272 Å². The lowest BCUT2D eigenvalue weighted by Gasteiger charge is -2.30. The standard InChI is InChI=1S/C68H52N2/c1-68(2)61-31-15-13-29-56(61)57-40-36-46(43-62(57)68)35-39-53(47-19-5-3-6-20-47)50-37-41-66(69(52-25-7-4-8-26-52)63-33-17-23-48-21-9-11-27-54(48)63)59(44-50)51-38-42-67-60(45-51)58-30-14-16-32-65(58)70(67)64-34-18-24-49-22-10-12-28-55(49)64/h3-34,36-38,40-45,53H,35,39H2,1-2H3. The Morgan fingerprint density at radius 2 is 1.06 bits per heavy atom. The largest absolute Gasteiger partial charge is 0.309 e. The maximum atomic E-state index is 2.52. The van der Waals surface area contributed by atoms with Gasteiger partial charge in [0.25, 0.3) is 0 Å². The minimum atomic E-state index is -0.0392. The van der Waals surface area contributed by atoms with Gasteiger partial charge in [0.2, 0.25) is 0 Å². The zero-order valence-electron chi connectivity index (χ0n) is 39.6. The lowest BCUT2D eigenvalue weighted by Crippen LogP contribution is -2.15. The Hall–Kier alpha value is -8.46. The molecule has 0 saturated carbocycles. The smallest absolute Gasteiger partial charge is 0.0541 e. The minimum Gasteiger partial charge on any atom is -0.309 e. The van der Waals surface area contributed by atoms with Crippen LogP contribution < -0.4 is 4.90 Å². The fourth-order valence-electron chi connectivity index (χ4n) is 11.8. The summed E-state index contributed by atoms with van der Waals surface area (Å²) >= 11 is 0. The SMILES string of the molecule is CC1(C)c2ccccc2-c2ccc(CCC(c3ccccc3)c3ccc(N(c4ccccc4)c4cccc5ccccc45)c(-c4ccc5c(c4)c4ccccc4n5-c4cccc5ccccc45)c3)cc21. The van der Waals surface area contributed by atoms with Crippen molar-refractivity contribution >= 4 is 60.4 Å². The van der Waals surface area contributed by atoms with Crippen LogP contribution in [0.2, 0.25) is 0 Å². The maximum absolute atomic E-state index is 2.52. The number of para-hydroxylation sites is 2. The van der Waals surface area contributed by atoms with Gasteiger partial charge in [-0.2, -0.15) is 0 Å². The molecular formula is C68H52N2. The molecule has 0 bridgehead atoms. The summed E-state index contributed by atoms with van der Waals surface area (Å²) < 4.78 is 2.46. The van der Waals surface area contributed by atoms with Crippen molar-refractivity contribution in [2.24, 2.45) is 0 Å². The first kappa shape index (κ1) is 41.7. The Labute approximate surface area is 410 Å². The number of aryl methyl sites for hydroxylation is 1. The second-order valence-corrected chi connectivity index (χ2v) is 19.6. The van der Waals surface area contributed by atoms with Crippen LogP contribution in [0.4, 0.5) is 17.1 Å². The zero-order chi connectivity index (χ0) is 46.8. The van der Waals surface area contributed by atoms with E-state index >= 15 is 0 Å². The van der Waals surface area contributed by atoms with Crippen molar-refractivity contribution in [3.8, 4) is 27.9 Å². The molecule has 2 heteroatoms. The first-order chi connectivity index (χ1) is 34.5.